The highest BCUT2D eigenvalue weighted by Crippen LogP contribution is 2.29. The molecule has 41 heavy (non-hydrogen) atoms. The van der Waals surface area contributed by atoms with E-state index in [0.717, 1.165) is 39.5 Å². The molecule has 3 nitrogen and oxygen atoms in total. The molecule has 0 atom stereocenters. The monoisotopic (exact) mass is 560 g/mol. The van der Waals surface area contributed by atoms with Crippen molar-refractivity contribution < 1.29 is 31.2 Å². The lowest BCUT2D eigenvalue weighted by Gasteiger charge is -2.07. The van der Waals surface area contributed by atoms with Gasteiger partial charge in [0.25, 0.3) is 0 Å². The summed E-state index contributed by atoms with van der Waals surface area (Å²) in [6, 6.07) is 30.5. The Morgan fingerprint density at radius 1 is 0.561 bits per heavy atom. The maximum Gasteiger partial charge on any atom is 0.673 e. The standard InChI is InChI=1S/C33H29O3.BF4/c1-34-31-22-21-26(23-33(31)35-2)15-9-5-3-4-6-14-20-30-24-29(27-16-10-7-11-17-27)25-32(36-30)28-18-12-8-13-19-28;2-1(3,4)5/h3-25H,1-2H3;/q+1;-1/b5-3+,6-4+,15-9+,20-14+;. The van der Waals surface area contributed by atoms with Crippen molar-refractivity contribution in [3.8, 4) is 33.9 Å². The molecular weight excluding hydrogens is 531 g/mol. The van der Waals surface area contributed by atoms with Gasteiger partial charge in [-0.2, -0.15) is 0 Å². The second kappa shape index (κ2) is 15.7. The van der Waals surface area contributed by atoms with E-state index in [4.69, 9.17) is 13.9 Å². The number of allylic oxidation sites excluding steroid dienone is 6. The van der Waals surface area contributed by atoms with Gasteiger partial charge in [-0.3, -0.25) is 0 Å². The summed E-state index contributed by atoms with van der Waals surface area (Å²) in [7, 11) is -2.73. The summed E-state index contributed by atoms with van der Waals surface area (Å²) in [5, 5.41) is 0. The van der Waals surface area contributed by atoms with Gasteiger partial charge in [0, 0.05) is 11.6 Å². The average Bonchev–Trinajstić information content (AvgIpc) is 2.98. The Morgan fingerprint density at radius 2 is 1.10 bits per heavy atom. The minimum atomic E-state index is -6.00. The van der Waals surface area contributed by atoms with E-state index in [1.165, 1.54) is 0 Å². The van der Waals surface area contributed by atoms with Crippen molar-refractivity contribution >= 4 is 19.4 Å². The van der Waals surface area contributed by atoms with Crippen LogP contribution in [0.4, 0.5) is 17.3 Å². The quantitative estimate of drug-likeness (QED) is 0.0883. The molecule has 0 radical (unpaired) electrons. The fraction of sp³-hybridized carbons (Fsp3) is 0.0606. The first kappa shape index (κ1) is 30.7. The minimum Gasteiger partial charge on any atom is -0.493 e. The number of methoxy groups -OCH3 is 2. The number of ether oxygens (including phenoxy) is 2. The van der Waals surface area contributed by atoms with Crippen LogP contribution < -0.4 is 9.47 Å². The Kier molecular flexibility index (Phi) is 11.7. The van der Waals surface area contributed by atoms with E-state index in [2.05, 4.69) is 36.4 Å². The normalized spacial score (nSPS) is 11.8. The molecule has 0 aliphatic heterocycles. The molecule has 4 aromatic rings. The number of hydrogen-bond acceptors (Lipinski definition) is 2. The van der Waals surface area contributed by atoms with Gasteiger partial charge in [-0.15, -0.1) is 0 Å². The van der Waals surface area contributed by atoms with Crippen LogP contribution in [0, 0.1) is 0 Å². The molecular formula is C33H29BF4O3. The molecule has 4 rings (SSSR count). The number of halogens is 4. The van der Waals surface area contributed by atoms with Gasteiger partial charge in [0.15, 0.2) is 11.5 Å². The van der Waals surface area contributed by atoms with Crippen molar-refractivity contribution in [3.05, 3.63) is 139 Å². The third-order valence-electron chi connectivity index (χ3n) is 5.49. The van der Waals surface area contributed by atoms with Crippen molar-refractivity contribution in [3.63, 3.8) is 0 Å². The molecule has 0 saturated carbocycles. The molecule has 210 valence electrons. The summed E-state index contributed by atoms with van der Waals surface area (Å²) in [4.78, 5) is 0. The zero-order chi connectivity index (χ0) is 29.5. The Labute approximate surface area is 237 Å². The Balaban J connectivity index is 0.000000850. The van der Waals surface area contributed by atoms with Crippen LogP contribution in [0.1, 0.15) is 11.3 Å². The van der Waals surface area contributed by atoms with E-state index in [9.17, 15) is 17.3 Å². The second-order valence-corrected chi connectivity index (χ2v) is 8.44. The number of benzene rings is 3. The lowest BCUT2D eigenvalue weighted by molar-refractivity contribution is 0.355. The van der Waals surface area contributed by atoms with Crippen LogP contribution in [0.5, 0.6) is 11.5 Å². The number of rotatable bonds is 9. The maximum absolute atomic E-state index is 9.75. The molecule has 0 saturated heterocycles. The van der Waals surface area contributed by atoms with Crippen LogP contribution in [0.15, 0.2) is 132 Å². The topological polar surface area (TPSA) is 29.8 Å². The second-order valence-electron chi connectivity index (χ2n) is 8.44. The average molecular weight is 560 g/mol. The maximum atomic E-state index is 9.75. The zero-order valence-corrected chi connectivity index (χ0v) is 22.6. The number of hydrogen-bond donors (Lipinski definition) is 0. The van der Waals surface area contributed by atoms with Crippen LogP contribution in [-0.4, -0.2) is 21.5 Å². The largest absolute Gasteiger partial charge is 0.673 e. The van der Waals surface area contributed by atoms with Crippen molar-refractivity contribution in [2.75, 3.05) is 14.2 Å². The molecule has 0 aliphatic rings. The molecule has 0 fully saturated rings. The van der Waals surface area contributed by atoms with Gasteiger partial charge in [-0.1, -0.05) is 97.1 Å². The summed E-state index contributed by atoms with van der Waals surface area (Å²) in [5.41, 5.74) is 4.35. The molecule has 0 aliphatic carbocycles. The van der Waals surface area contributed by atoms with Gasteiger partial charge < -0.3 is 26.7 Å². The van der Waals surface area contributed by atoms with Crippen molar-refractivity contribution in [2.45, 2.75) is 0 Å². The van der Waals surface area contributed by atoms with Gasteiger partial charge in [-0.05, 0) is 35.4 Å². The molecule has 3 aromatic carbocycles. The van der Waals surface area contributed by atoms with Gasteiger partial charge >= 0.3 is 18.8 Å². The van der Waals surface area contributed by atoms with E-state index in [1.54, 1.807) is 14.2 Å². The van der Waals surface area contributed by atoms with E-state index in [0.29, 0.717) is 5.75 Å². The van der Waals surface area contributed by atoms with Gasteiger partial charge in [-0.25, -0.2) is 4.42 Å². The fourth-order valence-corrected chi connectivity index (χ4v) is 3.68. The Hall–Kier alpha value is -4.85. The highest BCUT2D eigenvalue weighted by atomic mass is 19.5. The van der Waals surface area contributed by atoms with E-state index in [-0.39, 0.29) is 0 Å². The van der Waals surface area contributed by atoms with E-state index >= 15 is 0 Å². The van der Waals surface area contributed by atoms with Crippen LogP contribution in [0.25, 0.3) is 34.6 Å². The summed E-state index contributed by atoms with van der Waals surface area (Å²) >= 11 is 0. The molecule has 1 heterocycles. The molecule has 8 heteroatoms. The first-order valence-corrected chi connectivity index (χ1v) is 12.6. The predicted octanol–water partition coefficient (Wildman–Crippen LogP) is 10.1. The Bertz CT molecular complexity index is 1430. The molecule has 1 aromatic heterocycles. The van der Waals surface area contributed by atoms with Crippen LogP contribution in [0.3, 0.4) is 0 Å². The fourth-order valence-electron chi connectivity index (χ4n) is 3.68. The molecule has 0 unspecified atom stereocenters. The van der Waals surface area contributed by atoms with Gasteiger partial charge in [0.1, 0.15) is 0 Å². The van der Waals surface area contributed by atoms with Crippen LogP contribution >= 0.6 is 0 Å². The molecule has 0 spiro atoms. The third-order valence-corrected chi connectivity index (χ3v) is 5.49. The van der Waals surface area contributed by atoms with Gasteiger partial charge in [0.2, 0.25) is 0 Å². The third kappa shape index (κ3) is 11.0. The first-order chi connectivity index (χ1) is 19.8. The smallest absolute Gasteiger partial charge is 0.493 e. The minimum absolute atomic E-state index is 0.714. The highest BCUT2D eigenvalue weighted by molar-refractivity contribution is 6.50. The molecule has 0 bridgehead atoms. The van der Waals surface area contributed by atoms with E-state index in [1.807, 2.05) is 103 Å². The summed E-state index contributed by atoms with van der Waals surface area (Å²) in [6.07, 6.45) is 15.9. The molecule has 0 amide bonds. The zero-order valence-electron chi connectivity index (χ0n) is 22.6. The Morgan fingerprint density at radius 3 is 1.68 bits per heavy atom. The van der Waals surface area contributed by atoms with Gasteiger partial charge in [0.05, 0.1) is 31.9 Å². The highest BCUT2D eigenvalue weighted by Gasteiger charge is 2.20. The van der Waals surface area contributed by atoms with Crippen LogP contribution in [0.2, 0.25) is 0 Å². The first-order valence-electron chi connectivity index (χ1n) is 12.6. The SMILES string of the molecule is COc1ccc(/C=C/C=C/C=C/C=C/c2cc(-c3ccccc3)cc(-c3ccccc3)[o+]2)cc1OC.F[B-](F)(F)F. The molecule has 0 N–H and O–H groups in total. The lowest BCUT2D eigenvalue weighted by Crippen LogP contribution is -2.02. The van der Waals surface area contributed by atoms with Crippen LogP contribution in [-0.2, 0) is 0 Å². The summed E-state index contributed by atoms with van der Waals surface area (Å²) < 4.78 is 55.8. The summed E-state index contributed by atoms with van der Waals surface area (Å²) in [6.45, 7) is 0. The summed E-state index contributed by atoms with van der Waals surface area (Å²) in [5.74, 6) is 3.06. The predicted molar refractivity (Wildman–Crippen MR) is 160 cm³/mol. The van der Waals surface area contributed by atoms with E-state index < -0.39 is 7.25 Å². The van der Waals surface area contributed by atoms with Crippen molar-refractivity contribution in [1.82, 2.24) is 0 Å². The lowest BCUT2D eigenvalue weighted by atomic mass is 10.0. The van der Waals surface area contributed by atoms with Crippen molar-refractivity contribution in [2.24, 2.45) is 0 Å². The van der Waals surface area contributed by atoms with Crippen molar-refractivity contribution in [1.29, 1.82) is 0 Å².